The number of ether oxygens (including phenoxy) is 1. The highest BCUT2D eigenvalue weighted by Gasteiger charge is 2.18. The fourth-order valence-corrected chi connectivity index (χ4v) is 2.57. The first-order valence-electron chi connectivity index (χ1n) is 7.53. The van der Waals surface area contributed by atoms with Gasteiger partial charge in [-0.15, -0.1) is 0 Å². The first-order valence-corrected chi connectivity index (χ1v) is 7.53. The van der Waals surface area contributed by atoms with E-state index in [0.29, 0.717) is 6.42 Å². The maximum atomic E-state index is 12.0. The van der Waals surface area contributed by atoms with Crippen LogP contribution in [0.1, 0.15) is 17.4 Å². The van der Waals surface area contributed by atoms with Crippen LogP contribution in [0.15, 0.2) is 54.6 Å². The van der Waals surface area contributed by atoms with Crippen molar-refractivity contribution in [2.45, 2.75) is 12.5 Å². The van der Waals surface area contributed by atoms with Gasteiger partial charge in [0.25, 0.3) is 0 Å². The molecular formula is C18H19N3O2. The number of H-pyrrole nitrogens is 1. The summed E-state index contributed by atoms with van der Waals surface area (Å²) in [5, 5.41) is 2.99. The van der Waals surface area contributed by atoms with E-state index in [1.54, 1.807) is 0 Å². The Morgan fingerprint density at radius 1 is 1.17 bits per heavy atom. The zero-order valence-electron chi connectivity index (χ0n) is 13.0. The molecule has 118 valence electrons. The molecule has 0 saturated carbocycles. The molecular weight excluding hydrogens is 290 g/mol. The van der Waals surface area contributed by atoms with Crippen LogP contribution >= 0.6 is 0 Å². The van der Waals surface area contributed by atoms with E-state index in [1.165, 1.54) is 7.11 Å². The Hall–Kier alpha value is -2.66. The molecule has 0 aliphatic carbocycles. The third-order valence-corrected chi connectivity index (χ3v) is 3.63. The summed E-state index contributed by atoms with van der Waals surface area (Å²) in [6.07, 6.45) is 0.663. The molecule has 0 saturated heterocycles. The fourth-order valence-electron chi connectivity index (χ4n) is 2.57. The van der Waals surface area contributed by atoms with Crippen LogP contribution in [-0.2, 0) is 16.0 Å². The van der Waals surface area contributed by atoms with Gasteiger partial charge in [-0.3, -0.25) is 4.79 Å². The maximum absolute atomic E-state index is 12.0. The topological polar surface area (TPSA) is 67.0 Å². The van der Waals surface area contributed by atoms with E-state index in [4.69, 9.17) is 4.74 Å². The lowest BCUT2D eigenvalue weighted by molar-refractivity contribution is -0.125. The number of nitrogens with zero attached hydrogens (tertiary/aromatic N) is 1. The Kier molecular flexibility index (Phi) is 4.68. The lowest BCUT2D eigenvalue weighted by Crippen LogP contribution is -2.33. The Balaban J connectivity index is 1.88. The van der Waals surface area contributed by atoms with Gasteiger partial charge in [-0.1, -0.05) is 42.5 Å². The highest BCUT2D eigenvalue weighted by molar-refractivity contribution is 5.78. The highest BCUT2D eigenvalue weighted by atomic mass is 16.5. The summed E-state index contributed by atoms with van der Waals surface area (Å²) in [6, 6.07) is 17.6. The van der Waals surface area contributed by atoms with Crippen LogP contribution in [0, 0.1) is 0 Å². The van der Waals surface area contributed by atoms with Gasteiger partial charge in [-0.05, 0) is 24.1 Å². The standard InChI is InChI=1S/C18H19N3O2/c1-23-12-17(22)19-16(11-13-7-3-2-4-8-13)18-20-14-9-5-6-10-15(14)21-18/h2-10,16H,11-12H2,1H3,(H,19,22)(H,20,21)/t16-/m1/s1. The van der Waals surface area contributed by atoms with E-state index < -0.39 is 0 Å². The molecule has 5 heteroatoms. The zero-order valence-corrected chi connectivity index (χ0v) is 13.0. The number of benzene rings is 2. The van der Waals surface area contributed by atoms with Crippen LogP contribution in [0.2, 0.25) is 0 Å². The van der Waals surface area contributed by atoms with Gasteiger partial charge in [0, 0.05) is 7.11 Å². The number of para-hydroxylation sites is 2. The van der Waals surface area contributed by atoms with E-state index in [2.05, 4.69) is 15.3 Å². The van der Waals surface area contributed by atoms with Crippen LogP contribution < -0.4 is 5.32 Å². The van der Waals surface area contributed by atoms with E-state index in [-0.39, 0.29) is 18.6 Å². The molecule has 1 heterocycles. The number of hydrogen-bond donors (Lipinski definition) is 2. The van der Waals surface area contributed by atoms with Gasteiger partial charge in [0.15, 0.2) is 0 Å². The smallest absolute Gasteiger partial charge is 0.246 e. The lowest BCUT2D eigenvalue weighted by atomic mass is 10.1. The third kappa shape index (κ3) is 3.76. The van der Waals surface area contributed by atoms with Gasteiger partial charge in [-0.2, -0.15) is 0 Å². The largest absolute Gasteiger partial charge is 0.375 e. The quantitative estimate of drug-likeness (QED) is 0.735. The minimum atomic E-state index is -0.229. The number of imidazole rings is 1. The Morgan fingerprint density at radius 2 is 1.91 bits per heavy atom. The second-order valence-corrected chi connectivity index (χ2v) is 5.38. The van der Waals surface area contributed by atoms with E-state index in [9.17, 15) is 4.79 Å². The molecule has 3 aromatic rings. The first kappa shape index (κ1) is 15.2. The molecule has 3 rings (SSSR count). The summed E-state index contributed by atoms with van der Waals surface area (Å²) in [5.41, 5.74) is 2.98. The van der Waals surface area contributed by atoms with Crippen molar-refractivity contribution in [3.63, 3.8) is 0 Å². The molecule has 2 N–H and O–H groups in total. The van der Waals surface area contributed by atoms with Crippen molar-refractivity contribution < 1.29 is 9.53 Å². The number of carbonyl (C=O) groups is 1. The summed E-state index contributed by atoms with van der Waals surface area (Å²) >= 11 is 0. The number of carbonyl (C=O) groups excluding carboxylic acids is 1. The summed E-state index contributed by atoms with van der Waals surface area (Å²) in [6.45, 7) is 0.0333. The minimum absolute atomic E-state index is 0.0333. The van der Waals surface area contributed by atoms with Gasteiger partial charge in [0.1, 0.15) is 12.4 Å². The molecule has 1 atom stereocenters. The average molecular weight is 309 g/mol. The number of aromatic nitrogens is 2. The van der Waals surface area contributed by atoms with Gasteiger partial charge in [0.2, 0.25) is 5.91 Å². The Labute approximate surface area is 134 Å². The summed E-state index contributed by atoms with van der Waals surface area (Å²) in [5.74, 6) is 0.591. The van der Waals surface area contributed by atoms with Crippen LogP contribution in [0.25, 0.3) is 11.0 Å². The number of nitrogens with one attached hydrogen (secondary N) is 2. The molecule has 0 fully saturated rings. The van der Waals surface area contributed by atoms with Crippen molar-refractivity contribution in [1.82, 2.24) is 15.3 Å². The van der Waals surface area contributed by atoms with Crippen LogP contribution in [-0.4, -0.2) is 29.6 Å². The van der Waals surface area contributed by atoms with Crippen molar-refractivity contribution in [2.24, 2.45) is 0 Å². The van der Waals surface area contributed by atoms with Crippen molar-refractivity contribution in [3.8, 4) is 0 Å². The Morgan fingerprint density at radius 3 is 2.65 bits per heavy atom. The highest BCUT2D eigenvalue weighted by Crippen LogP contribution is 2.19. The predicted molar refractivity (Wildman–Crippen MR) is 89.0 cm³/mol. The lowest BCUT2D eigenvalue weighted by Gasteiger charge is -2.16. The maximum Gasteiger partial charge on any atom is 0.246 e. The number of amides is 1. The summed E-state index contributed by atoms with van der Waals surface area (Å²) in [4.78, 5) is 19.9. The van der Waals surface area contributed by atoms with Gasteiger partial charge < -0.3 is 15.0 Å². The summed E-state index contributed by atoms with van der Waals surface area (Å²) < 4.78 is 4.91. The minimum Gasteiger partial charge on any atom is -0.375 e. The third-order valence-electron chi connectivity index (χ3n) is 3.63. The average Bonchev–Trinajstić information content (AvgIpc) is 2.99. The second-order valence-electron chi connectivity index (χ2n) is 5.38. The fraction of sp³-hybridized carbons (Fsp3) is 0.222. The number of fused-ring (bicyclic) bond motifs is 1. The van der Waals surface area contributed by atoms with Crippen LogP contribution in [0.3, 0.4) is 0 Å². The van der Waals surface area contributed by atoms with E-state index in [0.717, 1.165) is 22.4 Å². The number of aromatic amines is 1. The molecule has 0 spiro atoms. The molecule has 0 radical (unpaired) electrons. The molecule has 0 aliphatic heterocycles. The van der Waals surface area contributed by atoms with Gasteiger partial charge in [0.05, 0.1) is 17.1 Å². The first-order chi connectivity index (χ1) is 11.3. The number of hydrogen-bond acceptors (Lipinski definition) is 3. The normalized spacial score (nSPS) is 12.2. The molecule has 23 heavy (non-hydrogen) atoms. The van der Waals surface area contributed by atoms with E-state index >= 15 is 0 Å². The van der Waals surface area contributed by atoms with Gasteiger partial charge in [-0.25, -0.2) is 4.98 Å². The number of methoxy groups -OCH3 is 1. The molecule has 1 amide bonds. The summed E-state index contributed by atoms with van der Waals surface area (Å²) in [7, 11) is 1.51. The zero-order chi connectivity index (χ0) is 16.1. The van der Waals surface area contributed by atoms with Crippen molar-refractivity contribution in [1.29, 1.82) is 0 Å². The number of rotatable bonds is 6. The van der Waals surface area contributed by atoms with E-state index in [1.807, 2.05) is 54.6 Å². The molecule has 0 unspecified atom stereocenters. The molecule has 0 aliphatic rings. The monoisotopic (exact) mass is 309 g/mol. The van der Waals surface area contributed by atoms with Crippen molar-refractivity contribution >= 4 is 16.9 Å². The Bertz CT molecular complexity index is 750. The molecule has 5 nitrogen and oxygen atoms in total. The molecule has 1 aromatic heterocycles. The van der Waals surface area contributed by atoms with Crippen molar-refractivity contribution in [3.05, 3.63) is 66.0 Å². The second kappa shape index (κ2) is 7.07. The molecule has 0 bridgehead atoms. The van der Waals surface area contributed by atoms with Crippen molar-refractivity contribution in [2.75, 3.05) is 13.7 Å². The van der Waals surface area contributed by atoms with Crippen LogP contribution in [0.4, 0.5) is 0 Å². The predicted octanol–water partition coefficient (Wildman–Crippen LogP) is 2.61. The molecule has 2 aromatic carbocycles. The van der Waals surface area contributed by atoms with Crippen LogP contribution in [0.5, 0.6) is 0 Å². The SMILES string of the molecule is COCC(=O)N[C@H](Cc1ccccc1)c1nc2ccccc2[nH]1. The van der Waals surface area contributed by atoms with Gasteiger partial charge >= 0.3 is 0 Å².